The molecule has 0 spiro atoms. The van der Waals surface area contributed by atoms with Crippen molar-refractivity contribution in [2.45, 2.75) is 122 Å². The number of benzene rings is 1. The Morgan fingerprint density at radius 2 is 1.43 bits per heavy atom. The fourth-order valence-corrected chi connectivity index (χ4v) is 5.47. The average Bonchev–Trinajstić information content (AvgIpc) is 2.85. The highest BCUT2D eigenvalue weighted by Gasteiger charge is 2.26. The molecule has 4 nitrogen and oxygen atoms in total. The number of hydrogen-bond donors (Lipinski definition) is 1. The van der Waals surface area contributed by atoms with E-state index in [2.05, 4.69) is 11.4 Å². The van der Waals surface area contributed by atoms with Crippen molar-refractivity contribution in [1.29, 1.82) is 0 Å². The first-order valence-corrected chi connectivity index (χ1v) is 15.1. The van der Waals surface area contributed by atoms with Gasteiger partial charge in [-0.15, -0.1) is 9.42 Å². The minimum atomic E-state index is -2.46. The van der Waals surface area contributed by atoms with Crippen LogP contribution in [0.2, 0.25) is 0 Å². The smallest absolute Gasteiger partial charge is 0.490 e. The van der Waals surface area contributed by atoms with Crippen molar-refractivity contribution in [2.75, 3.05) is 13.2 Å². The molecule has 1 unspecified atom stereocenters. The van der Waals surface area contributed by atoms with E-state index in [9.17, 15) is 13.3 Å². The summed E-state index contributed by atoms with van der Waals surface area (Å²) in [6.45, 7) is 2.98. The molecule has 1 N–H and O–H groups in total. The SMILES string of the molecule is CCCCCC1CCC(c2ccc(OCCCCCCCCCCCO[P+](=O)O)c(F)c2F)CC1. The van der Waals surface area contributed by atoms with Gasteiger partial charge >= 0.3 is 8.25 Å². The number of halogens is 2. The van der Waals surface area contributed by atoms with Crippen LogP contribution in [0.1, 0.15) is 128 Å². The van der Waals surface area contributed by atoms with Crippen LogP contribution in [0, 0.1) is 17.6 Å². The minimum Gasteiger partial charge on any atom is -0.490 e. The second kappa shape index (κ2) is 18.2. The van der Waals surface area contributed by atoms with E-state index in [0.29, 0.717) is 18.8 Å². The predicted molar refractivity (Wildman–Crippen MR) is 138 cm³/mol. The number of ether oxygens (including phenoxy) is 1. The van der Waals surface area contributed by atoms with E-state index in [1.165, 1.54) is 25.7 Å². The first-order valence-electron chi connectivity index (χ1n) is 13.9. The van der Waals surface area contributed by atoms with Gasteiger partial charge in [0.15, 0.2) is 11.6 Å². The third kappa shape index (κ3) is 12.1. The fourth-order valence-electron chi connectivity index (χ4n) is 5.18. The summed E-state index contributed by atoms with van der Waals surface area (Å²) in [6, 6.07) is 3.36. The first-order chi connectivity index (χ1) is 17.0. The highest BCUT2D eigenvalue weighted by molar-refractivity contribution is 7.32. The summed E-state index contributed by atoms with van der Waals surface area (Å²) in [4.78, 5) is 8.54. The van der Waals surface area contributed by atoms with Crippen LogP contribution in [0.5, 0.6) is 5.75 Å². The summed E-state index contributed by atoms with van der Waals surface area (Å²) in [5.41, 5.74) is 0.526. The average molecular weight is 516 g/mol. The molecule has 200 valence electrons. The summed E-state index contributed by atoms with van der Waals surface area (Å²) in [7, 11) is -2.46. The van der Waals surface area contributed by atoms with Crippen LogP contribution in [-0.2, 0) is 9.09 Å². The number of rotatable bonds is 19. The van der Waals surface area contributed by atoms with Crippen LogP contribution < -0.4 is 4.74 Å². The van der Waals surface area contributed by atoms with E-state index in [0.717, 1.165) is 89.4 Å². The highest BCUT2D eigenvalue weighted by atomic mass is 31.1. The Hall–Kier alpha value is -1.10. The van der Waals surface area contributed by atoms with Gasteiger partial charge in [-0.05, 0) is 62.0 Å². The maximum absolute atomic E-state index is 14.8. The Bertz CT molecular complexity index is 723. The molecule has 2 rings (SSSR count). The van der Waals surface area contributed by atoms with Gasteiger partial charge in [0, 0.05) is 4.57 Å². The lowest BCUT2D eigenvalue weighted by atomic mass is 9.77. The molecule has 1 aliphatic rings. The van der Waals surface area contributed by atoms with E-state index in [1.54, 1.807) is 12.1 Å². The van der Waals surface area contributed by atoms with Crippen molar-refractivity contribution in [3.63, 3.8) is 0 Å². The Balaban J connectivity index is 1.56. The molecule has 0 aliphatic heterocycles. The zero-order chi connectivity index (χ0) is 25.3. The summed E-state index contributed by atoms with van der Waals surface area (Å²) in [6.07, 6.45) is 18.6. The monoisotopic (exact) mass is 515 g/mol. The van der Waals surface area contributed by atoms with Crippen molar-refractivity contribution >= 4 is 8.25 Å². The van der Waals surface area contributed by atoms with Crippen LogP contribution in [0.3, 0.4) is 0 Å². The first kappa shape index (κ1) is 30.1. The maximum atomic E-state index is 14.8. The van der Waals surface area contributed by atoms with Crippen LogP contribution in [0.15, 0.2) is 12.1 Å². The van der Waals surface area contributed by atoms with Gasteiger partial charge in [-0.2, -0.15) is 4.39 Å². The summed E-state index contributed by atoms with van der Waals surface area (Å²) < 4.78 is 50.0. The molecule has 1 aromatic rings. The van der Waals surface area contributed by atoms with E-state index in [4.69, 9.17) is 9.63 Å². The van der Waals surface area contributed by atoms with Crippen LogP contribution >= 0.6 is 8.25 Å². The van der Waals surface area contributed by atoms with Gasteiger partial charge < -0.3 is 4.74 Å². The molecule has 1 aromatic carbocycles. The van der Waals surface area contributed by atoms with Gasteiger partial charge in [-0.25, -0.2) is 4.39 Å². The van der Waals surface area contributed by atoms with Crippen molar-refractivity contribution in [3.8, 4) is 5.75 Å². The lowest BCUT2D eigenvalue weighted by Gasteiger charge is -2.29. The largest absolute Gasteiger partial charge is 0.694 e. The third-order valence-corrected chi connectivity index (χ3v) is 7.73. The molecule has 0 amide bonds. The predicted octanol–water partition coefficient (Wildman–Crippen LogP) is 9.37. The molecule has 0 bridgehead atoms. The van der Waals surface area contributed by atoms with Gasteiger partial charge in [-0.1, -0.05) is 83.6 Å². The van der Waals surface area contributed by atoms with E-state index in [-0.39, 0.29) is 11.7 Å². The van der Waals surface area contributed by atoms with Gasteiger partial charge in [-0.3, -0.25) is 0 Å². The van der Waals surface area contributed by atoms with Crippen LogP contribution in [-0.4, -0.2) is 18.1 Å². The minimum absolute atomic E-state index is 0.0363. The van der Waals surface area contributed by atoms with Gasteiger partial charge in [0.05, 0.1) is 6.61 Å². The molecule has 35 heavy (non-hydrogen) atoms. The van der Waals surface area contributed by atoms with Gasteiger partial charge in [0.1, 0.15) is 6.61 Å². The van der Waals surface area contributed by atoms with E-state index in [1.807, 2.05) is 0 Å². The zero-order valence-electron chi connectivity index (χ0n) is 21.6. The maximum Gasteiger partial charge on any atom is 0.694 e. The molecule has 0 saturated heterocycles. The lowest BCUT2D eigenvalue weighted by molar-refractivity contribution is 0.273. The third-order valence-electron chi connectivity index (χ3n) is 7.33. The molecular weight excluding hydrogens is 469 g/mol. The number of unbranched alkanes of at least 4 members (excludes halogenated alkanes) is 10. The Labute approximate surface area is 212 Å². The normalized spacial score (nSPS) is 18.6. The van der Waals surface area contributed by atoms with Gasteiger partial charge in [0.25, 0.3) is 0 Å². The molecule has 1 saturated carbocycles. The van der Waals surface area contributed by atoms with Crippen LogP contribution in [0.4, 0.5) is 8.78 Å². The molecule has 1 atom stereocenters. The summed E-state index contributed by atoms with van der Waals surface area (Å²) >= 11 is 0. The lowest BCUT2D eigenvalue weighted by Crippen LogP contribution is -2.15. The van der Waals surface area contributed by atoms with Crippen molar-refractivity contribution in [1.82, 2.24) is 0 Å². The molecule has 1 aliphatic carbocycles. The molecule has 1 fully saturated rings. The Kier molecular flexibility index (Phi) is 15.7. The van der Waals surface area contributed by atoms with E-state index >= 15 is 0 Å². The van der Waals surface area contributed by atoms with Crippen molar-refractivity contribution < 1.29 is 27.5 Å². The standard InChI is InChI=1S/C28H45F2O4P/c1-2-3-11-14-23-15-17-24(18-16-23)25-19-20-26(28(30)27(25)29)33-21-12-9-7-5-4-6-8-10-13-22-34-35(31)32/h19-20,23-24H,2-18,21-22H2,1H3/p+1. The van der Waals surface area contributed by atoms with Gasteiger partial charge in [0.2, 0.25) is 5.82 Å². The Morgan fingerprint density at radius 3 is 2.03 bits per heavy atom. The summed E-state index contributed by atoms with van der Waals surface area (Å²) in [5, 5.41) is 0. The van der Waals surface area contributed by atoms with E-state index < -0.39 is 19.9 Å². The molecule has 0 radical (unpaired) electrons. The highest BCUT2D eigenvalue weighted by Crippen LogP contribution is 2.40. The molecule has 0 heterocycles. The quantitative estimate of drug-likeness (QED) is 0.147. The Morgan fingerprint density at radius 1 is 0.829 bits per heavy atom. The number of hydrogen-bond acceptors (Lipinski definition) is 3. The summed E-state index contributed by atoms with van der Waals surface area (Å²) in [5.74, 6) is -0.632. The second-order valence-electron chi connectivity index (χ2n) is 10.1. The fraction of sp³-hybridized carbons (Fsp3) is 0.786. The topological polar surface area (TPSA) is 55.8 Å². The zero-order valence-corrected chi connectivity index (χ0v) is 22.5. The molecule has 0 aromatic heterocycles. The molecular formula is C28H46F2O4P+. The second-order valence-corrected chi connectivity index (χ2v) is 10.8. The van der Waals surface area contributed by atoms with Crippen molar-refractivity contribution in [2.24, 2.45) is 5.92 Å². The van der Waals surface area contributed by atoms with Crippen molar-refractivity contribution in [3.05, 3.63) is 29.3 Å². The van der Waals surface area contributed by atoms with Crippen LogP contribution in [0.25, 0.3) is 0 Å². The molecule has 7 heteroatoms.